The Hall–Kier alpha value is -3.06. The van der Waals surface area contributed by atoms with E-state index in [2.05, 4.69) is 50.0 Å². The van der Waals surface area contributed by atoms with Gasteiger partial charge in [-0.05, 0) is 106 Å². The highest BCUT2D eigenvalue weighted by Gasteiger charge is 2.56. The summed E-state index contributed by atoms with van der Waals surface area (Å²) in [5.41, 5.74) is 6.26. The molecule has 3 aliphatic rings. The van der Waals surface area contributed by atoms with Crippen LogP contribution in [0, 0.1) is 11.3 Å². The fraction of sp³-hybridized carbons (Fsp3) is 0.556. The van der Waals surface area contributed by atoms with Gasteiger partial charge in [-0.15, -0.1) is 11.8 Å². The largest absolute Gasteiger partial charge is 0.444 e. The molecule has 2 aromatic carbocycles. The summed E-state index contributed by atoms with van der Waals surface area (Å²) >= 11 is 7.50. The van der Waals surface area contributed by atoms with Crippen LogP contribution in [-0.2, 0) is 25.3 Å². The molecule has 1 spiro atoms. The third-order valence-electron chi connectivity index (χ3n) is 10.0. The molecule has 4 amide bonds. The van der Waals surface area contributed by atoms with Gasteiger partial charge in [-0.3, -0.25) is 25.2 Å². The van der Waals surface area contributed by atoms with E-state index in [-0.39, 0.29) is 52.2 Å². The van der Waals surface area contributed by atoms with E-state index >= 15 is 0 Å². The lowest BCUT2D eigenvalue weighted by Crippen LogP contribution is -2.58. The number of rotatable bonds is 7. The summed E-state index contributed by atoms with van der Waals surface area (Å²) in [6, 6.07) is 11.4. The maximum atomic E-state index is 14.0. The zero-order chi connectivity index (χ0) is 35.9. The first kappa shape index (κ1) is 37.2. The number of anilines is 1. The molecule has 2 fully saturated rings. The molecule has 13 heteroatoms. The lowest BCUT2D eigenvalue weighted by molar-refractivity contribution is -0.147. The summed E-state index contributed by atoms with van der Waals surface area (Å²) in [7, 11) is -1.82. The molecule has 2 aliphatic carbocycles. The Morgan fingerprint density at radius 3 is 2.24 bits per heavy atom. The van der Waals surface area contributed by atoms with Crippen LogP contribution in [0.15, 0.2) is 47.4 Å². The van der Waals surface area contributed by atoms with Gasteiger partial charge < -0.3 is 19.4 Å². The molecule has 1 atom stereocenters. The summed E-state index contributed by atoms with van der Waals surface area (Å²) < 4.78 is 12.0. The smallest absolute Gasteiger partial charge is 0.408 e. The van der Waals surface area contributed by atoms with Crippen molar-refractivity contribution in [2.45, 2.75) is 115 Å². The van der Waals surface area contributed by atoms with Gasteiger partial charge in [0.05, 0.1) is 12.2 Å². The highest BCUT2D eigenvalue weighted by atomic mass is 35.5. The Balaban J connectivity index is 1.22. The minimum atomic E-state index is -1.82. The predicted molar refractivity (Wildman–Crippen MR) is 195 cm³/mol. The fourth-order valence-corrected chi connectivity index (χ4v) is 8.94. The van der Waals surface area contributed by atoms with E-state index < -0.39 is 32.0 Å². The molecule has 10 nitrogen and oxygen atoms in total. The molecule has 0 radical (unpaired) electrons. The Morgan fingerprint density at radius 2 is 1.63 bits per heavy atom. The number of hydrogen-bond donors (Lipinski definition) is 3. The Morgan fingerprint density at radius 1 is 0.980 bits per heavy atom. The van der Waals surface area contributed by atoms with E-state index in [1.807, 2.05) is 12.1 Å². The maximum Gasteiger partial charge on any atom is 0.408 e. The van der Waals surface area contributed by atoms with Crippen LogP contribution >= 0.6 is 23.4 Å². The summed E-state index contributed by atoms with van der Waals surface area (Å²) in [6.07, 6.45) is 3.15. The molecular weight excluding hydrogens is 680 g/mol. The van der Waals surface area contributed by atoms with Gasteiger partial charge in [-0.25, -0.2) is 4.79 Å². The number of ether oxygens (including phenoxy) is 1. The minimum Gasteiger partial charge on any atom is -0.444 e. The van der Waals surface area contributed by atoms with Gasteiger partial charge in [-0.1, -0.05) is 44.5 Å². The first-order valence-corrected chi connectivity index (χ1v) is 21.1. The maximum absolute atomic E-state index is 14.0. The number of benzene rings is 2. The van der Waals surface area contributed by atoms with Gasteiger partial charge in [0.1, 0.15) is 11.6 Å². The predicted octanol–water partition coefficient (Wildman–Crippen LogP) is 7.21. The third-order valence-corrected chi connectivity index (χ3v) is 16.0. The minimum absolute atomic E-state index is 0.153. The number of carbonyl (C=O) groups excluding carboxylic acids is 4. The average Bonchev–Trinajstić information content (AvgIpc) is 3.07. The monoisotopic (exact) mass is 728 g/mol. The second-order valence-electron chi connectivity index (χ2n) is 16.2. The molecule has 0 aromatic heterocycles. The molecule has 266 valence electrons. The number of amides is 4. The van der Waals surface area contributed by atoms with Crippen LogP contribution in [0.3, 0.4) is 0 Å². The van der Waals surface area contributed by atoms with Crippen molar-refractivity contribution in [2.24, 2.45) is 11.3 Å². The molecular formula is C36H49ClN4O6SSi. The van der Waals surface area contributed by atoms with Crippen LogP contribution in [0.5, 0.6) is 0 Å². The highest BCUT2D eigenvalue weighted by Crippen LogP contribution is 2.60. The van der Waals surface area contributed by atoms with Crippen molar-refractivity contribution >= 4 is 61.2 Å². The fourth-order valence-electron chi connectivity index (χ4n) is 6.41. The van der Waals surface area contributed by atoms with Crippen molar-refractivity contribution in [3.8, 4) is 0 Å². The van der Waals surface area contributed by atoms with Crippen LogP contribution < -0.4 is 21.1 Å². The number of alkyl carbamates (subject to hydrolysis) is 1. The van der Waals surface area contributed by atoms with Gasteiger partial charge in [0.25, 0.3) is 11.8 Å². The van der Waals surface area contributed by atoms with Crippen molar-refractivity contribution in [1.29, 1.82) is 0 Å². The topological polar surface area (TPSA) is 126 Å². The van der Waals surface area contributed by atoms with E-state index in [1.165, 1.54) is 11.8 Å². The van der Waals surface area contributed by atoms with Crippen molar-refractivity contribution in [2.75, 3.05) is 10.7 Å². The first-order valence-electron chi connectivity index (χ1n) is 16.8. The van der Waals surface area contributed by atoms with Crippen molar-refractivity contribution in [1.82, 2.24) is 16.2 Å². The van der Waals surface area contributed by atoms with Gasteiger partial charge >= 0.3 is 6.09 Å². The summed E-state index contributed by atoms with van der Waals surface area (Å²) in [5.74, 6) is -0.915. The SMILES string of the molecule is CC(C)(C)OC(=O)N[C@H]1CSc2ccc(C(=O)NNC(=O)C3CC4(CC(O[Si](C)(C)C(C)(C)C)C4)C3)cc2N(Cc2ccc(Cl)cc2)C1=O. The molecule has 2 aromatic rings. The van der Waals surface area contributed by atoms with Crippen LogP contribution in [0.1, 0.15) is 83.1 Å². The second kappa shape index (κ2) is 13.9. The quantitative estimate of drug-likeness (QED) is 0.203. The molecule has 1 heterocycles. The van der Waals surface area contributed by atoms with Crippen LogP contribution in [0.25, 0.3) is 0 Å². The van der Waals surface area contributed by atoms with Crippen LogP contribution in [-0.4, -0.2) is 55.6 Å². The third kappa shape index (κ3) is 8.82. The summed E-state index contributed by atoms with van der Waals surface area (Å²) in [5, 5.41) is 3.45. The molecule has 0 bridgehead atoms. The number of hydrazine groups is 1. The lowest BCUT2D eigenvalue weighted by atomic mass is 9.50. The van der Waals surface area contributed by atoms with E-state index in [9.17, 15) is 19.2 Å². The Bertz CT molecular complexity index is 1590. The second-order valence-corrected chi connectivity index (χ2v) is 22.5. The Kier molecular flexibility index (Phi) is 10.6. The molecule has 3 N–H and O–H groups in total. The number of hydrogen-bond acceptors (Lipinski definition) is 7. The number of nitrogens with one attached hydrogen (secondary N) is 3. The van der Waals surface area contributed by atoms with Gasteiger partial charge in [0.15, 0.2) is 8.32 Å². The number of fused-ring (bicyclic) bond motifs is 1. The first-order chi connectivity index (χ1) is 22.7. The number of carbonyl (C=O) groups is 4. The van der Waals surface area contributed by atoms with Crippen molar-refractivity contribution in [3.05, 3.63) is 58.6 Å². The summed E-state index contributed by atoms with van der Waals surface area (Å²) in [6.45, 7) is 16.7. The Labute approximate surface area is 299 Å². The molecule has 0 saturated heterocycles. The van der Waals surface area contributed by atoms with Gasteiger partial charge in [-0.2, -0.15) is 0 Å². The molecule has 2 saturated carbocycles. The molecule has 0 unspecified atom stereocenters. The van der Waals surface area contributed by atoms with Crippen LogP contribution in [0.4, 0.5) is 10.5 Å². The van der Waals surface area contributed by atoms with E-state index in [4.69, 9.17) is 20.8 Å². The normalized spacial score (nSPS) is 23.8. The highest BCUT2D eigenvalue weighted by molar-refractivity contribution is 7.99. The summed E-state index contributed by atoms with van der Waals surface area (Å²) in [4.78, 5) is 55.2. The molecule has 1 aliphatic heterocycles. The number of thioether (sulfide) groups is 1. The number of halogens is 1. The molecule has 5 rings (SSSR count). The zero-order valence-electron chi connectivity index (χ0n) is 29.7. The van der Waals surface area contributed by atoms with E-state index in [1.54, 1.807) is 56.0 Å². The van der Waals surface area contributed by atoms with Gasteiger partial charge in [0.2, 0.25) is 5.91 Å². The van der Waals surface area contributed by atoms with Crippen molar-refractivity contribution < 1.29 is 28.3 Å². The van der Waals surface area contributed by atoms with E-state index in [0.717, 1.165) is 36.1 Å². The lowest BCUT2D eigenvalue weighted by Gasteiger charge is -2.58. The number of nitrogens with zero attached hydrogens (tertiary/aromatic N) is 1. The van der Waals surface area contributed by atoms with Crippen LogP contribution in [0.2, 0.25) is 23.2 Å². The average molecular weight is 729 g/mol. The standard InChI is InChI=1S/C36H49ClN4O6SSi/c1-34(2,3)46-33(45)38-27-21-48-29-14-11-23(15-28(29)41(32(27)44)20-22-9-12-25(37)13-10-22)30(42)39-40-31(43)24-16-36(17-24)18-26(19-36)47-49(7,8)35(4,5)6/h9-15,24,26-27H,16-21H2,1-8H3,(H,38,45)(H,39,42)(H,40,43)/t24?,26?,27-,36?/m0/s1. The van der Waals surface area contributed by atoms with E-state index in [0.29, 0.717) is 10.7 Å². The molecule has 49 heavy (non-hydrogen) atoms. The van der Waals surface area contributed by atoms with Gasteiger partial charge in [0, 0.05) is 33.3 Å². The van der Waals surface area contributed by atoms with Crippen molar-refractivity contribution in [3.63, 3.8) is 0 Å². The zero-order valence-corrected chi connectivity index (χ0v) is 32.3.